The average molecular weight is 746 g/mol. The van der Waals surface area contributed by atoms with E-state index >= 15 is 0 Å². The second-order valence-corrected chi connectivity index (χ2v) is 16.1. The molecule has 2 aromatic heterocycles. The van der Waals surface area contributed by atoms with Crippen LogP contribution < -0.4 is 4.74 Å². The number of hydrogen-bond donors (Lipinski definition) is 0. The van der Waals surface area contributed by atoms with Gasteiger partial charge in [0.15, 0.2) is 0 Å². The lowest BCUT2D eigenvalue weighted by molar-refractivity contribution is -0.127. The van der Waals surface area contributed by atoms with Gasteiger partial charge in [0.2, 0.25) is 10.0 Å². The number of benzene rings is 3. The molecule has 5 aromatic rings. The number of Topliss-reactive ketones (excluding diaryl/α,β-unsaturated/α-hetero) is 1. The largest absolute Gasteiger partial charge is 0.488 e. The molecule has 0 aliphatic carbocycles. The minimum Gasteiger partial charge on any atom is -0.488 e. The maximum atomic E-state index is 14.3. The first-order chi connectivity index (χ1) is 23.3. The molecule has 0 amide bonds. The van der Waals surface area contributed by atoms with Crippen molar-refractivity contribution in [3.8, 4) is 5.75 Å². The Labute approximate surface area is 296 Å². The normalized spacial score (nSPS) is 16.9. The molecule has 0 saturated carbocycles. The second kappa shape index (κ2) is 13.7. The van der Waals surface area contributed by atoms with Gasteiger partial charge in [-0.05, 0) is 84.8 Å². The fourth-order valence-corrected chi connectivity index (χ4v) is 8.87. The summed E-state index contributed by atoms with van der Waals surface area (Å²) in [5.41, 5.74) is 6.22. The number of ether oxygens (including phenoxy) is 1. The SMILES string of the molecule is CC[C@@H]1CN(Cc2cc([C@@H](c3ccc4c(nnn4CC)c3C)C(C)(C)C(=O)Cc3cncnc3)ccc2C)S(=O)(=O)c2cc(Br)ccc2O1. The highest BCUT2D eigenvalue weighted by Gasteiger charge is 2.40. The van der Waals surface area contributed by atoms with Gasteiger partial charge >= 0.3 is 0 Å². The van der Waals surface area contributed by atoms with Gasteiger partial charge in [-0.2, -0.15) is 4.31 Å². The molecule has 0 bridgehead atoms. The number of hydrogen-bond acceptors (Lipinski definition) is 8. The zero-order chi connectivity index (χ0) is 35.1. The Morgan fingerprint density at radius 1 is 1.06 bits per heavy atom. The maximum Gasteiger partial charge on any atom is 0.247 e. The van der Waals surface area contributed by atoms with Crippen molar-refractivity contribution < 1.29 is 17.9 Å². The van der Waals surface area contributed by atoms with Gasteiger partial charge < -0.3 is 4.74 Å². The number of carbonyl (C=O) groups is 1. The summed E-state index contributed by atoms with van der Waals surface area (Å²) in [4.78, 5) is 22.6. The van der Waals surface area contributed by atoms with Crippen LogP contribution in [0.5, 0.6) is 5.75 Å². The molecule has 3 aromatic carbocycles. The number of halogens is 1. The van der Waals surface area contributed by atoms with Crippen LogP contribution in [0.25, 0.3) is 11.0 Å². The number of rotatable bonds is 10. The van der Waals surface area contributed by atoms with Crippen molar-refractivity contribution in [2.45, 2.75) is 84.4 Å². The molecule has 2 atom stereocenters. The Kier molecular flexibility index (Phi) is 9.76. The summed E-state index contributed by atoms with van der Waals surface area (Å²) in [6.07, 6.45) is 5.32. The Morgan fingerprint density at radius 3 is 2.53 bits per heavy atom. The Balaban J connectivity index is 1.46. The minimum absolute atomic E-state index is 0.0337. The first-order valence-corrected chi connectivity index (χ1v) is 18.7. The standard InChI is InChI=1S/C37H41BrN6O4S/c1-7-29-21-43(49(46,47)33-17-28(38)11-14-32(33)48-29)20-27-16-26(10-9-23(27)3)35(37(5,6)34(45)15-25-18-39-22-40-19-25)30-12-13-31-36(24(30)4)41-42-44(31)8-2/h9-14,16-19,22,29,35H,7-8,15,20-21H2,1-6H3/t29-,35+/m1/s1. The lowest BCUT2D eigenvalue weighted by atomic mass is 9.66. The van der Waals surface area contributed by atoms with Crippen molar-refractivity contribution in [3.05, 3.63) is 105 Å². The highest BCUT2D eigenvalue weighted by molar-refractivity contribution is 9.10. The van der Waals surface area contributed by atoms with E-state index in [1.807, 2.05) is 58.4 Å². The number of aromatic nitrogens is 5. The molecule has 0 saturated heterocycles. The summed E-state index contributed by atoms with van der Waals surface area (Å²) in [6, 6.07) is 15.4. The van der Waals surface area contributed by atoms with Crippen LogP contribution in [0.4, 0.5) is 0 Å². The fourth-order valence-electron chi connectivity index (χ4n) is 6.76. The molecule has 6 rings (SSSR count). The number of ketones is 1. The van der Waals surface area contributed by atoms with E-state index in [0.717, 1.165) is 44.4 Å². The van der Waals surface area contributed by atoms with Gasteiger partial charge in [-0.25, -0.2) is 23.1 Å². The van der Waals surface area contributed by atoms with Crippen molar-refractivity contribution in [1.29, 1.82) is 0 Å². The smallest absolute Gasteiger partial charge is 0.247 e. The van der Waals surface area contributed by atoms with Crippen LogP contribution >= 0.6 is 15.9 Å². The van der Waals surface area contributed by atoms with Gasteiger partial charge in [0, 0.05) is 47.7 Å². The summed E-state index contributed by atoms with van der Waals surface area (Å²) in [7, 11) is -3.90. The summed E-state index contributed by atoms with van der Waals surface area (Å²) in [5.74, 6) is 0.00805. The molecule has 1 aliphatic heterocycles. The summed E-state index contributed by atoms with van der Waals surface area (Å²) in [6.45, 7) is 13.1. The summed E-state index contributed by atoms with van der Waals surface area (Å²) in [5, 5.41) is 8.87. The van der Waals surface area contributed by atoms with E-state index in [0.29, 0.717) is 23.2 Å². The average Bonchev–Trinajstić information content (AvgIpc) is 3.47. The number of fused-ring (bicyclic) bond motifs is 2. The molecule has 256 valence electrons. The lowest BCUT2D eigenvalue weighted by Gasteiger charge is -2.35. The van der Waals surface area contributed by atoms with Crippen LogP contribution in [0.1, 0.15) is 73.4 Å². The zero-order valence-corrected chi connectivity index (χ0v) is 31.0. The Hall–Kier alpha value is -4.00. The predicted molar refractivity (Wildman–Crippen MR) is 192 cm³/mol. The molecule has 1 aliphatic rings. The van der Waals surface area contributed by atoms with Gasteiger partial charge in [-0.15, -0.1) is 5.10 Å². The van der Waals surface area contributed by atoms with Crippen LogP contribution in [0.2, 0.25) is 0 Å². The topological polar surface area (TPSA) is 120 Å². The first-order valence-electron chi connectivity index (χ1n) is 16.5. The molecule has 0 fully saturated rings. The van der Waals surface area contributed by atoms with Crippen LogP contribution in [-0.2, 0) is 34.3 Å². The van der Waals surface area contributed by atoms with E-state index in [9.17, 15) is 13.2 Å². The van der Waals surface area contributed by atoms with E-state index in [1.165, 1.54) is 10.6 Å². The van der Waals surface area contributed by atoms with Crippen molar-refractivity contribution in [3.63, 3.8) is 0 Å². The summed E-state index contributed by atoms with van der Waals surface area (Å²) >= 11 is 3.44. The van der Waals surface area contributed by atoms with Gasteiger partial charge in [-0.3, -0.25) is 4.79 Å². The third kappa shape index (κ3) is 6.65. The summed E-state index contributed by atoms with van der Waals surface area (Å²) < 4.78 is 38.6. The van der Waals surface area contributed by atoms with Crippen molar-refractivity contribution in [2.24, 2.45) is 5.41 Å². The van der Waals surface area contributed by atoms with Gasteiger partial charge in [0.05, 0.1) is 12.1 Å². The van der Waals surface area contributed by atoms with Crippen molar-refractivity contribution in [1.82, 2.24) is 29.3 Å². The van der Waals surface area contributed by atoms with Gasteiger partial charge in [0.25, 0.3) is 0 Å². The number of aryl methyl sites for hydroxylation is 3. The molecule has 12 heteroatoms. The molecule has 0 spiro atoms. The van der Waals surface area contributed by atoms with Gasteiger partial charge in [-0.1, -0.05) is 66.2 Å². The highest BCUT2D eigenvalue weighted by atomic mass is 79.9. The third-order valence-corrected chi connectivity index (χ3v) is 12.1. The van der Waals surface area contributed by atoms with E-state index in [4.69, 9.17) is 4.74 Å². The quantitative estimate of drug-likeness (QED) is 0.151. The first kappa shape index (κ1) is 34.8. The van der Waals surface area contributed by atoms with Crippen LogP contribution in [0.15, 0.2) is 76.6 Å². The van der Waals surface area contributed by atoms with E-state index in [2.05, 4.69) is 54.4 Å². The number of nitrogens with zero attached hydrogens (tertiary/aromatic N) is 6. The number of sulfonamides is 1. The fraction of sp³-hybridized carbons (Fsp3) is 0.378. The van der Waals surface area contributed by atoms with Crippen LogP contribution in [0, 0.1) is 19.3 Å². The predicted octanol–water partition coefficient (Wildman–Crippen LogP) is 6.95. The van der Waals surface area contributed by atoms with E-state index in [1.54, 1.807) is 30.6 Å². The van der Waals surface area contributed by atoms with Crippen molar-refractivity contribution >= 4 is 42.8 Å². The van der Waals surface area contributed by atoms with Crippen molar-refractivity contribution in [2.75, 3.05) is 6.54 Å². The maximum absolute atomic E-state index is 14.3. The third-order valence-electron chi connectivity index (χ3n) is 9.75. The number of carbonyl (C=O) groups excluding carboxylic acids is 1. The van der Waals surface area contributed by atoms with Crippen LogP contribution in [-0.4, -0.2) is 56.1 Å². The monoisotopic (exact) mass is 744 g/mol. The lowest BCUT2D eigenvalue weighted by Crippen LogP contribution is -2.37. The molecule has 10 nitrogen and oxygen atoms in total. The zero-order valence-electron chi connectivity index (χ0n) is 28.6. The molecule has 0 radical (unpaired) electrons. The molecule has 3 heterocycles. The van der Waals surface area contributed by atoms with Gasteiger partial charge in [0.1, 0.15) is 34.4 Å². The molecule has 0 unspecified atom stereocenters. The molecule has 0 N–H and O–H groups in total. The Morgan fingerprint density at radius 2 is 1.82 bits per heavy atom. The van der Waals surface area contributed by atoms with E-state index < -0.39 is 15.4 Å². The Bertz CT molecular complexity index is 2130. The highest BCUT2D eigenvalue weighted by Crippen LogP contribution is 2.45. The molecular formula is C37H41BrN6O4S. The molecular weight excluding hydrogens is 704 g/mol. The second-order valence-electron chi connectivity index (χ2n) is 13.3. The van der Waals surface area contributed by atoms with E-state index in [-0.39, 0.29) is 42.2 Å². The molecule has 49 heavy (non-hydrogen) atoms. The minimum atomic E-state index is -3.90. The van der Waals surface area contributed by atoms with Crippen LogP contribution in [0.3, 0.4) is 0 Å².